The first-order valence-electron chi connectivity index (χ1n) is 5.80. The largest absolute Gasteiger partial charge is 0.412 e. The summed E-state index contributed by atoms with van der Waals surface area (Å²) in [5, 5.41) is 0. The van der Waals surface area contributed by atoms with Crippen LogP contribution >= 0.6 is 15.9 Å². The second kappa shape index (κ2) is 5.55. The molecule has 0 aliphatic carbocycles. The van der Waals surface area contributed by atoms with Crippen molar-refractivity contribution in [2.75, 3.05) is 13.1 Å². The highest BCUT2D eigenvalue weighted by Gasteiger charge is 2.35. The number of alkyl halides is 3. The van der Waals surface area contributed by atoms with E-state index in [0.717, 1.165) is 6.08 Å². The minimum absolute atomic E-state index is 0.0237. The van der Waals surface area contributed by atoms with E-state index in [4.69, 9.17) is 0 Å². The van der Waals surface area contributed by atoms with Crippen LogP contribution < -0.4 is 0 Å². The molecule has 2 nitrogen and oxygen atoms in total. The number of amides is 1. The standard InChI is InChI=1S/C13H10BrF4NO/c14-11-9(2-1-3-10(11)15)12(20)19-6-4-8(5-7-19)13(16,17)18/h1-4H,5-7H2. The van der Waals surface area contributed by atoms with Gasteiger partial charge in [-0.05, 0) is 34.5 Å². The molecule has 0 unspecified atom stereocenters. The predicted octanol–water partition coefficient (Wildman–Crippen LogP) is 3.92. The van der Waals surface area contributed by atoms with E-state index in [-0.39, 0.29) is 29.5 Å². The van der Waals surface area contributed by atoms with Crippen LogP contribution in [0, 0.1) is 5.82 Å². The zero-order valence-corrected chi connectivity index (χ0v) is 11.8. The van der Waals surface area contributed by atoms with Crippen LogP contribution in [0.2, 0.25) is 0 Å². The molecule has 1 heterocycles. The molecule has 2 rings (SSSR count). The Labute approximate surface area is 121 Å². The average Bonchev–Trinajstić information content (AvgIpc) is 2.40. The summed E-state index contributed by atoms with van der Waals surface area (Å²) >= 11 is 2.97. The van der Waals surface area contributed by atoms with E-state index in [0.29, 0.717) is 0 Å². The van der Waals surface area contributed by atoms with E-state index in [1.54, 1.807) is 0 Å². The first kappa shape index (κ1) is 15.0. The zero-order chi connectivity index (χ0) is 14.9. The average molecular weight is 352 g/mol. The Morgan fingerprint density at radius 2 is 2.00 bits per heavy atom. The maximum Gasteiger partial charge on any atom is 0.412 e. The van der Waals surface area contributed by atoms with E-state index in [2.05, 4.69) is 15.9 Å². The molecule has 0 fully saturated rings. The first-order chi connectivity index (χ1) is 9.30. The van der Waals surface area contributed by atoms with Gasteiger partial charge in [0.1, 0.15) is 5.82 Å². The smallest absolute Gasteiger partial charge is 0.335 e. The Morgan fingerprint density at radius 1 is 1.30 bits per heavy atom. The molecule has 0 bridgehead atoms. The fourth-order valence-electron chi connectivity index (χ4n) is 1.95. The van der Waals surface area contributed by atoms with Crippen LogP contribution in [0.3, 0.4) is 0 Å². The Morgan fingerprint density at radius 3 is 2.55 bits per heavy atom. The molecule has 7 heteroatoms. The molecule has 1 aromatic rings. The summed E-state index contributed by atoms with van der Waals surface area (Å²) in [6, 6.07) is 4.01. The summed E-state index contributed by atoms with van der Waals surface area (Å²) in [6.45, 7) is -0.163. The van der Waals surface area contributed by atoms with Crippen molar-refractivity contribution in [3.8, 4) is 0 Å². The highest BCUT2D eigenvalue weighted by molar-refractivity contribution is 9.10. The molecule has 0 aromatic heterocycles. The highest BCUT2D eigenvalue weighted by atomic mass is 79.9. The van der Waals surface area contributed by atoms with Gasteiger partial charge >= 0.3 is 6.18 Å². The topological polar surface area (TPSA) is 20.3 Å². The summed E-state index contributed by atoms with van der Waals surface area (Å²) in [5.74, 6) is -1.08. The van der Waals surface area contributed by atoms with Crippen LogP contribution in [0.15, 0.2) is 34.3 Å². The summed E-state index contributed by atoms with van der Waals surface area (Å²) in [4.78, 5) is 13.4. The maximum atomic E-state index is 13.3. The third-order valence-corrected chi connectivity index (χ3v) is 3.85. The van der Waals surface area contributed by atoms with E-state index in [1.165, 1.54) is 23.1 Å². The number of carbonyl (C=O) groups is 1. The monoisotopic (exact) mass is 351 g/mol. The lowest BCUT2D eigenvalue weighted by atomic mass is 10.1. The summed E-state index contributed by atoms with van der Waals surface area (Å²) in [6.07, 6.45) is -3.61. The van der Waals surface area contributed by atoms with Gasteiger partial charge in [-0.1, -0.05) is 12.1 Å². The Bertz CT molecular complexity index is 568. The SMILES string of the molecule is O=C(c1cccc(F)c1Br)N1CC=C(C(F)(F)F)CC1. The van der Waals surface area contributed by atoms with Gasteiger partial charge in [0, 0.05) is 18.7 Å². The van der Waals surface area contributed by atoms with E-state index < -0.39 is 23.5 Å². The fourth-order valence-corrected chi connectivity index (χ4v) is 2.38. The van der Waals surface area contributed by atoms with Gasteiger partial charge < -0.3 is 4.90 Å². The van der Waals surface area contributed by atoms with Crippen LogP contribution in [0.25, 0.3) is 0 Å². The van der Waals surface area contributed by atoms with Gasteiger partial charge in [-0.25, -0.2) is 4.39 Å². The van der Waals surface area contributed by atoms with Crippen molar-refractivity contribution >= 4 is 21.8 Å². The fraction of sp³-hybridized carbons (Fsp3) is 0.308. The van der Waals surface area contributed by atoms with Gasteiger partial charge in [0.05, 0.1) is 10.0 Å². The van der Waals surface area contributed by atoms with Crippen LogP contribution in [0.1, 0.15) is 16.8 Å². The lowest BCUT2D eigenvalue weighted by Crippen LogP contribution is -2.37. The van der Waals surface area contributed by atoms with Crippen LogP contribution in [0.4, 0.5) is 17.6 Å². The predicted molar refractivity (Wildman–Crippen MR) is 68.8 cm³/mol. The normalized spacial score (nSPS) is 16.1. The summed E-state index contributed by atoms with van der Waals surface area (Å²) in [5.41, 5.74) is -0.520. The number of halogens is 5. The first-order valence-corrected chi connectivity index (χ1v) is 6.59. The molecule has 0 saturated carbocycles. The molecule has 1 aromatic carbocycles. The van der Waals surface area contributed by atoms with Crippen LogP contribution in [0.5, 0.6) is 0 Å². The quantitative estimate of drug-likeness (QED) is 0.554. The van der Waals surface area contributed by atoms with E-state index >= 15 is 0 Å². The minimum atomic E-state index is -4.35. The Hall–Kier alpha value is -1.37. The zero-order valence-electron chi connectivity index (χ0n) is 10.2. The molecule has 0 atom stereocenters. The lowest BCUT2D eigenvalue weighted by molar-refractivity contribution is -0.0957. The number of hydrogen-bond acceptors (Lipinski definition) is 1. The molecule has 0 radical (unpaired) electrons. The molecule has 20 heavy (non-hydrogen) atoms. The van der Waals surface area contributed by atoms with Gasteiger partial charge in [0.25, 0.3) is 5.91 Å². The van der Waals surface area contributed by atoms with E-state index in [9.17, 15) is 22.4 Å². The summed E-state index contributed by atoms with van der Waals surface area (Å²) < 4.78 is 50.8. The number of hydrogen-bond donors (Lipinski definition) is 0. The Balaban J connectivity index is 2.17. The van der Waals surface area contributed by atoms with Gasteiger partial charge in [-0.3, -0.25) is 4.79 Å². The van der Waals surface area contributed by atoms with Gasteiger partial charge in [-0.15, -0.1) is 0 Å². The molecule has 0 N–H and O–H groups in total. The van der Waals surface area contributed by atoms with Gasteiger partial charge in [0.15, 0.2) is 0 Å². The molecule has 1 amide bonds. The van der Waals surface area contributed by atoms with Gasteiger partial charge in [0.2, 0.25) is 0 Å². The number of carbonyl (C=O) groups excluding carboxylic acids is 1. The minimum Gasteiger partial charge on any atom is -0.335 e. The van der Waals surface area contributed by atoms with Crippen LogP contribution in [-0.2, 0) is 0 Å². The number of nitrogens with zero attached hydrogens (tertiary/aromatic N) is 1. The molecule has 0 spiro atoms. The molecular weight excluding hydrogens is 342 g/mol. The Kier molecular flexibility index (Phi) is 4.17. The molecule has 1 aliphatic heterocycles. The van der Waals surface area contributed by atoms with Crippen molar-refractivity contribution in [1.82, 2.24) is 4.90 Å². The van der Waals surface area contributed by atoms with Crippen molar-refractivity contribution in [3.63, 3.8) is 0 Å². The highest BCUT2D eigenvalue weighted by Crippen LogP contribution is 2.31. The second-order valence-corrected chi connectivity index (χ2v) is 5.12. The van der Waals surface area contributed by atoms with Crippen molar-refractivity contribution in [2.24, 2.45) is 0 Å². The lowest BCUT2D eigenvalue weighted by Gasteiger charge is -2.27. The maximum absolute atomic E-state index is 13.3. The number of benzene rings is 1. The molecule has 108 valence electrons. The van der Waals surface area contributed by atoms with Crippen molar-refractivity contribution in [3.05, 3.63) is 45.7 Å². The van der Waals surface area contributed by atoms with Crippen molar-refractivity contribution < 1.29 is 22.4 Å². The molecular formula is C13H10BrF4NO. The van der Waals surface area contributed by atoms with Crippen LogP contribution in [-0.4, -0.2) is 30.1 Å². The summed E-state index contributed by atoms with van der Waals surface area (Å²) in [7, 11) is 0. The number of rotatable bonds is 1. The molecule has 0 saturated heterocycles. The van der Waals surface area contributed by atoms with E-state index in [1.807, 2.05) is 0 Å². The molecule has 1 aliphatic rings. The third kappa shape index (κ3) is 3.03. The van der Waals surface area contributed by atoms with Crippen molar-refractivity contribution in [1.29, 1.82) is 0 Å². The second-order valence-electron chi connectivity index (χ2n) is 4.33. The van der Waals surface area contributed by atoms with Crippen molar-refractivity contribution in [2.45, 2.75) is 12.6 Å². The van der Waals surface area contributed by atoms with Gasteiger partial charge in [-0.2, -0.15) is 13.2 Å². The third-order valence-electron chi connectivity index (χ3n) is 3.04.